The fraction of sp³-hybridized carbons (Fsp3) is 0.200. The Morgan fingerprint density at radius 3 is 1.64 bits per heavy atom. The third-order valence-corrected chi connectivity index (χ3v) is 12.0. The second kappa shape index (κ2) is 6.86. The van der Waals surface area contributed by atoms with Crippen molar-refractivity contribution in [3.8, 4) is 0 Å². The Morgan fingerprint density at radius 2 is 1.36 bits per heavy atom. The zero-order valence-electron chi connectivity index (χ0n) is 8.13. The van der Waals surface area contributed by atoms with Gasteiger partial charge in [0.25, 0.3) is 0 Å². The van der Waals surface area contributed by atoms with Crippen molar-refractivity contribution in [3.05, 3.63) is 44.2 Å². The van der Waals surface area contributed by atoms with Crippen molar-refractivity contribution >= 4 is 8.11 Å². The number of halogens is 2. The second-order valence-corrected chi connectivity index (χ2v) is 11.4. The van der Waals surface area contributed by atoms with Crippen LogP contribution in [0.5, 0.6) is 0 Å². The Hall–Kier alpha value is 0.471. The number of hydrogen-bond donors (Lipinski definition) is 0. The Labute approximate surface area is 107 Å². The second-order valence-electron chi connectivity index (χ2n) is 3.27. The van der Waals surface area contributed by atoms with Crippen LogP contribution in [0.3, 0.4) is 0 Å². The molecule has 0 aliphatic heterocycles. The number of hydrogen-bond acceptors (Lipinski definition) is 0. The van der Waals surface area contributed by atoms with Crippen LogP contribution < -0.4 is 24.8 Å². The molecule has 14 heavy (non-hydrogen) atoms. The summed E-state index contributed by atoms with van der Waals surface area (Å²) in [6, 6.07) is 0. The summed E-state index contributed by atoms with van der Waals surface area (Å²) >= 11 is -0.843. The molecule has 0 fully saturated rings. The molecule has 0 amide bonds. The van der Waals surface area contributed by atoms with Crippen LogP contribution in [0.1, 0.15) is 12.8 Å². The molecule has 0 saturated carbocycles. The van der Waals surface area contributed by atoms with E-state index >= 15 is 0 Å². The molecule has 0 nitrogen and oxygen atoms in total. The molecule has 0 saturated heterocycles. The van der Waals surface area contributed by atoms with Crippen molar-refractivity contribution in [2.75, 3.05) is 0 Å². The molecule has 2 rings (SSSR count). The zero-order valence-corrected chi connectivity index (χ0v) is 13.2. The Bertz CT molecular complexity index is 275. The van der Waals surface area contributed by atoms with Crippen LogP contribution in [0.2, 0.25) is 0 Å². The van der Waals surface area contributed by atoms with Crippen molar-refractivity contribution in [2.45, 2.75) is 12.8 Å². The molecule has 2 aliphatic carbocycles. The van der Waals surface area contributed by atoms with E-state index in [2.05, 4.69) is 36.5 Å². The van der Waals surface area contributed by atoms with E-state index in [1.165, 1.54) is 21.0 Å². The van der Waals surface area contributed by atoms with Gasteiger partial charge in [0, 0.05) is 0 Å². The summed E-state index contributed by atoms with van der Waals surface area (Å²) in [6.07, 6.45) is 16.3. The first kappa shape index (κ1) is 14.5. The van der Waals surface area contributed by atoms with Gasteiger partial charge in [0.05, 0.1) is 0 Å². The molecule has 0 aromatic heterocycles. The van der Waals surface area contributed by atoms with Crippen LogP contribution in [-0.4, -0.2) is 8.11 Å². The summed E-state index contributed by atoms with van der Waals surface area (Å²) < 4.78 is 3.58. The van der Waals surface area contributed by atoms with Crippen molar-refractivity contribution in [1.29, 1.82) is 0 Å². The molecule has 2 aliphatic rings. The van der Waals surface area contributed by atoms with Gasteiger partial charge in [-0.3, -0.25) is 0 Å². The first-order valence-electron chi connectivity index (χ1n) is 4.43. The molecule has 4 heteroatoms. The Kier molecular flexibility index (Phi) is 7.09. The van der Waals surface area contributed by atoms with E-state index in [0.29, 0.717) is 0 Å². The molecule has 0 heterocycles. The predicted octanol–water partition coefficient (Wildman–Crippen LogP) is -4.42. The minimum absolute atomic E-state index is 0. The van der Waals surface area contributed by atoms with Gasteiger partial charge in [0.1, 0.15) is 0 Å². The van der Waals surface area contributed by atoms with E-state index in [-0.39, 0.29) is 24.8 Å². The standard InChI is InChI=1S/2C5H5.2ClH.H3Si.Ti/c2*1-2-4-5-3-1;;;;/h2*1-3H,4H2;2*1H;1H3;/q;;;;;+2/p-2. The van der Waals surface area contributed by atoms with Gasteiger partial charge >= 0.3 is 82.3 Å². The Morgan fingerprint density at radius 1 is 0.929 bits per heavy atom. The van der Waals surface area contributed by atoms with Gasteiger partial charge < -0.3 is 24.8 Å². The molecule has 0 aromatic carbocycles. The summed E-state index contributed by atoms with van der Waals surface area (Å²) in [5.74, 6) is 0. The summed E-state index contributed by atoms with van der Waals surface area (Å²) in [5.41, 5.74) is 0. The van der Waals surface area contributed by atoms with Crippen molar-refractivity contribution in [2.24, 2.45) is 0 Å². The molecular weight excluding hydrogens is 267 g/mol. The van der Waals surface area contributed by atoms with Crippen LogP contribution in [0.25, 0.3) is 0 Å². The Balaban J connectivity index is 0.000000845. The van der Waals surface area contributed by atoms with E-state index in [1.54, 1.807) is 7.76 Å². The summed E-state index contributed by atoms with van der Waals surface area (Å²) in [4.78, 5) is 0. The van der Waals surface area contributed by atoms with Gasteiger partial charge in [0.15, 0.2) is 0 Å². The van der Waals surface area contributed by atoms with Gasteiger partial charge in [-0.25, -0.2) is 0 Å². The molecular formula is C10H13Cl2SiTi. The molecule has 0 atom stereocenters. The molecule has 0 unspecified atom stereocenters. The van der Waals surface area contributed by atoms with Gasteiger partial charge in [-0.1, -0.05) is 0 Å². The van der Waals surface area contributed by atoms with Crippen LogP contribution in [0, 0.1) is 0 Å². The van der Waals surface area contributed by atoms with Crippen LogP contribution in [0.15, 0.2) is 44.2 Å². The zero-order chi connectivity index (χ0) is 8.39. The van der Waals surface area contributed by atoms with Crippen molar-refractivity contribution in [1.82, 2.24) is 0 Å². The minimum atomic E-state index is -0.843. The van der Waals surface area contributed by atoms with E-state index in [0.717, 1.165) is 0 Å². The third kappa shape index (κ3) is 3.25. The number of allylic oxidation sites excluding steroid dienone is 8. The molecule has 0 radical (unpaired) electrons. The fourth-order valence-corrected chi connectivity index (χ4v) is 7.76. The normalized spacial score (nSPS) is 17.1. The first-order chi connectivity index (χ1) is 5.88. The summed E-state index contributed by atoms with van der Waals surface area (Å²) in [7, 11) is 1.42. The van der Waals surface area contributed by atoms with Gasteiger partial charge in [0.2, 0.25) is 0 Å². The third-order valence-electron chi connectivity index (χ3n) is 2.51. The maximum absolute atomic E-state index is 2.36. The van der Waals surface area contributed by atoms with Crippen LogP contribution in [0.4, 0.5) is 0 Å². The van der Waals surface area contributed by atoms with E-state index in [4.69, 9.17) is 0 Å². The average Bonchev–Trinajstić information content (AvgIpc) is 2.77. The summed E-state index contributed by atoms with van der Waals surface area (Å²) in [5, 5.41) is 0. The molecule has 0 aromatic rings. The monoisotopic (exact) mass is 279 g/mol. The SMILES string of the molecule is [Cl-].[Cl-].[SiH3][Ti+2]([C]1=CC=CC1)[C]1=CC=CC1. The van der Waals surface area contributed by atoms with Gasteiger partial charge in [-0.05, 0) is 0 Å². The molecule has 75 valence electrons. The topological polar surface area (TPSA) is 0 Å². The van der Waals surface area contributed by atoms with Crippen molar-refractivity contribution in [3.63, 3.8) is 0 Å². The van der Waals surface area contributed by atoms with Gasteiger partial charge in [-0.15, -0.1) is 0 Å². The van der Waals surface area contributed by atoms with Crippen molar-refractivity contribution < 1.29 is 41.9 Å². The number of rotatable bonds is 2. The van der Waals surface area contributed by atoms with Crippen LogP contribution >= 0.6 is 0 Å². The van der Waals surface area contributed by atoms with Gasteiger partial charge in [-0.2, -0.15) is 0 Å². The van der Waals surface area contributed by atoms with Crippen LogP contribution in [-0.2, 0) is 17.1 Å². The summed E-state index contributed by atoms with van der Waals surface area (Å²) in [6.45, 7) is 0. The quantitative estimate of drug-likeness (QED) is 0.448. The predicted molar refractivity (Wildman–Crippen MR) is 53.6 cm³/mol. The fourth-order valence-electron chi connectivity index (χ4n) is 1.66. The average molecular weight is 280 g/mol. The van der Waals surface area contributed by atoms with E-state index < -0.39 is 17.1 Å². The maximum atomic E-state index is 2.36. The molecule has 0 spiro atoms. The van der Waals surface area contributed by atoms with E-state index in [9.17, 15) is 0 Å². The molecule has 0 N–H and O–H groups in total. The molecule has 0 bridgehead atoms. The first-order valence-corrected chi connectivity index (χ1v) is 11.7. The van der Waals surface area contributed by atoms with E-state index in [1.807, 2.05) is 0 Å².